The lowest BCUT2D eigenvalue weighted by Crippen LogP contribution is -2.27. The van der Waals surface area contributed by atoms with Gasteiger partial charge >= 0.3 is 0 Å². The summed E-state index contributed by atoms with van der Waals surface area (Å²) in [5.41, 5.74) is 4.13. The number of carbonyl (C=O) groups is 1. The van der Waals surface area contributed by atoms with Gasteiger partial charge in [-0.15, -0.1) is 23.2 Å². The average molecular weight is 401 g/mol. The number of hydrogen-bond acceptors (Lipinski definition) is 5. The Balaban J connectivity index is 2.81. The van der Waals surface area contributed by atoms with Crippen LogP contribution in [0.5, 0.6) is 0 Å². The number of halogens is 2. The molecule has 5 nitrogen and oxygen atoms in total. The highest BCUT2D eigenvalue weighted by Crippen LogP contribution is 2.19. The minimum atomic E-state index is -1.14. The number of alkyl halides is 2. The van der Waals surface area contributed by atoms with Crippen molar-refractivity contribution in [3.63, 3.8) is 0 Å². The third-order valence-corrected chi connectivity index (χ3v) is 4.16. The molecule has 7 heteroatoms. The predicted molar refractivity (Wildman–Crippen MR) is 107 cm³/mol. The molecule has 0 bridgehead atoms. The van der Waals surface area contributed by atoms with E-state index in [1.54, 1.807) is 11.6 Å². The lowest BCUT2D eigenvalue weighted by molar-refractivity contribution is 0.0318. The van der Waals surface area contributed by atoms with Crippen LogP contribution in [0.15, 0.2) is 48.1 Å². The van der Waals surface area contributed by atoms with E-state index in [4.69, 9.17) is 28.4 Å². The third kappa shape index (κ3) is 7.48. The van der Waals surface area contributed by atoms with Crippen molar-refractivity contribution in [3.05, 3.63) is 53.6 Å². The fourth-order valence-corrected chi connectivity index (χ4v) is 2.89. The first-order chi connectivity index (χ1) is 12.4. The first kappa shape index (κ1) is 22.7. The molecule has 144 valence electrons. The Labute approximate surface area is 164 Å². The van der Waals surface area contributed by atoms with Gasteiger partial charge in [0.15, 0.2) is 5.78 Å². The molecule has 3 N–H and O–H groups in total. The zero-order chi connectivity index (χ0) is 19.5. The molecule has 2 atom stereocenters. The lowest BCUT2D eigenvalue weighted by atomic mass is 9.97. The highest BCUT2D eigenvalue weighted by molar-refractivity contribution is 6.18. The maximum absolute atomic E-state index is 12.6. The summed E-state index contributed by atoms with van der Waals surface area (Å²) in [5.74, 6) is 0.706. The van der Waals surface area contributed by atoms with Gasteiger partial charge in [-0.3, -0.25) is 4.79 Å². The number of aliphatic hydroxyl groups is 1. The van der Waals surface area contributed by atoms with Crippen LogP contribution in [0.2, 0.25) is 0 Å². The molecule has 0 spiro atoms. The largest absolute Gasteiger partial charge is 0.373 e. The molecule has 1 aromatic carbocycles. The molecule has 0 saturated carbocycles. The minimum Gasteiger partial charge on any atom is -0.373 e. The molecule has 26 heavy (non-hydrogen) atoms. The molecular weight excluding hydrogens is 375 g/mol. The normalized spacial score (nSPS) is 14.5. The molecule has 0 aliphatic carbocycles. The van der Waals surface area contributed by atoms with Crippen molar-refractivity contribution in [2.24, 2.45) is 5.92 Å². The number of nitrogens with zero attached hydrogens (tertiary/aromatic N) is 1. The van der Waals surface area contributed by atoms with E-state index in [1.807, 2.05) is 44.2 Å². The number of hydrogen-bond donors (Lipinski definition) is 3. The van der Waals surface area contributed by atoms with Crippen molar-refractivity contribution in [1.82, 2.24) is 5.48 Å². The molecule has 0 aromatic heterocycles. The van der Waals surface area contributed by atoms with Gasteiger partial charge in [-0.05, 0) is 37.3 Å². The Morgan fingerprint density at radius 2 is 1.81 bits per heavy atom. The smallest absolute Gasteiger partial charge is 0.169 e. The molecule has 2 unspecified atom stereocenters. The monoisotopic (exact) mass is 400 g/mol. The van der Waals surface area contributed by atoms with Crippen LogP contribution >= 0.6 is 23.2 Å². The molecule has 0 amide bonds. The second-order valence-electron chi connectivity index (χ2n) is 5.91. The van der Waals surface area contributed by atoms with Crippen LogP contribution in [0, 0.1) is 5.92 Å². The van der Waals surface area contributed by atoms with Gasteiger partial charge in [0.25, 0.3) is 0 Å². The van der Waals surface area contributed by atoms with Gasteiger partial charge in [0.05, 0.1) is 0 Å². The molecule has 0 fully saturated rings. The van der Waals surface area contributed by atoms with Gasteiger partial charge in [0.2, 0.25) is 0 Å². The van der Waals surface area contributed by atoms with Gasteiger partial charge in [0, 0.05) is 42.0 Å². The number of Topliss-reactive ketones (excluding diaryl/α,β-unsaturated/α-hetero) is 1. The zero-order valence-electron chi connectivity index (χ0n) is 15.0. The van der Waals surface area contributed by atoms with Gasteiger partial charge in [-0.25, -0.2) is 0 Å². The highest BCUT2D eigenvalue weighted by Gasteiger charge is 2.14. The van der Waals surface area contributed by atoms with Crippen molar-refractivity contribution in [2.45, 2.75) is 20.1 Å². The first-order valence-corrected chi connectivity index (χ1v) is 9.45. The Bertz CT molecular complexity index is 612. The van der Waals surface area contributed by atoms with E-state index in [1.165, 1.54) is 6.08 Å². The van der Waals surface area contributed by atoms with Crippen LogP contribution in [0.25, 0.3) is 0 Å². The quantitative estimate of drug-likeness (QED) is 0.174. The molecule has 0 aliphatic heterocycles. The molecule has 0 radical (unpaired) electrons. The van der Waals surface area contributed by atoms with E-state index < -0.39 is 6.23 Å². The Hall–Kier alpha value is -1.37. The molecule has 1 rings (SSSR count). The number of aliphatic hydroxyl groups excluding tert-OH is 1. The summed E-state index contributed by atoms with van der Waals surface area (Å²) in [6.07, 6.45) is 3.70. The van der Waals surface area contributed by atoms with Crippen LogP contribution in [0.1, 0.15) is 24.2 Å². The van der Waals surface area contributed by atoms with Gasteiger partial charge in [-0.1, -0.05) is 24.6 Å². The Morgan fingerprint density at radius 3 is 2.31 bits per heavy atom. The Morgan fingerprint density at radius 1 is 1.23 bits per heavy atom. The topological polar surface area (TPSA) is 72.8 Å². The van der Waals surface area contributed by atoms with E-state index in [0.29, 0.717) is 30.4 Å². The van der Waals surface area contributed by atoms with E-state index in [-0.39, 0.29) is 11.7 Å². The highest BCUT2D eigenvalue weighted by atomic mass is 35.5. The van der Waals surface area contributed by atoms with Gasteiger partial charge < -0.3 is 15.2 Å². The third-order valence-electron chi connectivity index (χ3n) is 3.83. The van der Waals surface area contributed by atoms with Crippen LogP contribution in [0.3, 0.4) is 0 Å². The van der Waals surface area contributed by atoms with Crippen LogP contribution in [-0.2, 0) is 0 Å². The predicted octanol–water partition coefficient (Wildman–Crippen LogP) is 3.59. The summed E-state index contributed by atoms with van der Waals surface area (Å²) >= 11 is 11.6. The number of hydroxylamine groups is 1. The van der Waals surface area contributed by atoms with E-state index in [2.05, 4.69) is 4.90 Å². The lowest BCUT2D eigenvalue weighted by Gasteiger charge is -2.23. The summed E-state index contributed by atoms with van der Waals surface area (Å²) in [6, 6.07) is 7.42. The van der Waals surface area contributed by atoms with Crippen LogP contribution in [0.4, 0.5) is 5.69 Å². The number of allylic oxidation sites excluding steroid dienone is 3. The fraction of sp³-hybridized carbons (Fsp3) is 0.421. The maximum Gasteiger partial charge on any atom is 0.169 e. The standard InChI is InChI=1S/C19H26Cl2N2O3/c1-14(3-8-18(24)22-26)13-15(2)19(25)16-4-6-17(7-5-16)23(11-9-20)12-10-21/h3-8,13,15,18,22,24,26H,9-12H2,1-2H3/b8-3+,14-13+. The van der Waals surface area contributed by atoms with E-state index in [9.17, 15) is 9.90 Å². The second-order valence-corrected chi connectivity index (χ2v) is 6.66. The maximum atomic E-state index is 12.6. The van der Waals surface area contributed by atoms with Crippen molar-refractivity contribution in [1.29, 1.82) is 0 Å². The summed E-state index contributed by atoms with van der Waals surface area (Å²) in [5, 5.41) is 17.8. The van der Waals surface area contributed by atoms with Crippen LogP contribution in [-0.4, -0.2) is 47.2 Å². The van der Waals surface area contributed by atoms with E-state index in [0.717, 1.165) is 11.3 Å². The summed E-state index contributed by atoms with van der Waals surface area (Å²) < 4.78 is 0. The number of benzene rings is 1. The SMILES string of the molecule is CC(/C=C/C(O)NO)=C\C(C)C(=O)c1ccc(N(CCCl)CCCl)cc1. The van der Waals surface area contributed by atoms with E-state index >= 15 is 0 Å². The second kappa shape index (κ2) is 12.1. The number of carbonyl (C=O) groups excluding carboxylic acids is 1. The summed E-state index contributed by atoms with van der Waals surface area (Å²) in [6.45, 7) is 5.03. The molecular formula is C19H26Cl2N2O3. The number of anilines is 1. The first-order valence-electron chi connectivity index (χ1n) is 8.38. The molecule has 0 aliphatic rings. The van der Waals surface area contributed by atoms with Crippen molar-refractivity contribution in [3.8, 4) is 0 Å². The van der Waals surface area contributed by atoms with Gasteiger partial charge in [0.1, 0.15) is 6.23 Å². The summed E-state index contributed by atoms with van der Waals surface area (Å²) in [4.78, 5) is 14.7. The fourth-order valence-electron chi connectivity index (χ4n) is 2.48. The summed E-state index contributed by atoms with van der Waals surface area (Å²) in [7, 11) is 0. The molecule has 1 aromatic rings. The Kier molecular flexibility index (Phi) is 10.5. The molecule has 0 saturated heterocycles. The number of rotatable bonds is 11. The van der Waals surface area contributed by atoms with Crippen molar-refractivity contribution < 1.29 is 15.1 Å². The molecule has 0 heterocycles. The van der Waals surface area contributed by atoms with Crippen LogP contribution < -0.4 is 10.4 Å². The zero-order valence-corrected chi connectivity index (χ0v) is 16.5. The van der Waals surface area contributed by atoms with Crippen molar-refractivity contribution in [2.75, 3.05) is 29.7 Å². The average Bonchev–Trinajstić information content (AvgIpc) is 2.65. The van der Waals surface area contributed by atoms with Crippen molar-refractivity contribution >= 4 is 34.7 Å². The van der Waals surface area contributed by atoms with Gasteiger partial charge in [-0.2, -0.15) is 5.48 Å². The minimum absolute atomic E-state index is 0.00590. The number of nitrogens with one attached hydrogen (secondary N) is 1. The number of ketones is 1.